The lowest BCUT2D eigenvalue weighted by atomic mass is 10.0. The van der Waals surface area contributed by atoms with Crippen molar-refractivity contribution in [3.63, 3.8) is 0 Å². The number of nitrogens with two attached hydrogens (primary N) is 1. The average molecular weight is 299 g/mol. The zero-order valence-electron chi connectivity index (χ0n) is 11.4. The predicted octanol–water partition coefficient (Wildman–Crippen LogP) is 3.21. The molecule has 3 aromatic rings. The normalized spacial score (nSPS) is 16.7. The van der Waals surface area contributed by atoms with Crippen LogP contribution in [0.3, 0.4) is 0 Å². The summed E-state index contributed by atoms with van der Waals surface area (Å²) in [5.74, 6) is 2.09. The van der Waals surface area contributed by atoms with Gasteiger partial charge in [-0.3, -0.25) is 0 Å². The van der Waals surface area contributed by atoms with Gasteiger partial charge in [-0.1, -0.05) is 23.4 Å². The number of para-hydroxylation sites is 1. The number of anilines is 1. The van der Waals surface area contributed by atoms with E-state index in [-0.39, 0.29) is 5.92 Å². The highest BCUT2D eigenvalue weighted by Crippen LogP contribution is 2.38. The van der Waals surface area contributed by atoms with Gasteiger partial charge in [0.05, 0.1) is 15.8 Å². The van der Waals surface area contributed by atoms with E-state index in [9.17, 15) is 0 Å². The lowest BCUT2D eigenvalue weighted by molar-refractivity contribution is 0.335. The number of nitrogens with zero attached hydrogens (tertiary/aromatic N) is 2. The van der Waals surface area contributed by atoms with E-state index in [0.717, 1.165) is 26.8 Å². The highest BCUT2D eigenvalue weighted by atomic mass is 32.1. The molecule has 0 radical (unpaired) electrons. The first-order valence-corrected chi connectivity index (χ1v) is 7.45. The maximum absolute atomic E-state index is 5.82. The molecular weight excluding hydrogens is 286 g/mol. The Labute approximate surface area is 125 Å². The molecule has 2 aromatic heterocycles. The van der Waals surface area contributed by atoms with Crippen molar-refractivity contribution in [1.29, 1.82) is 0 Å². The molecule has 0 spiro atoms. The fourth-order valence-electron chi connectivity index (χ4n) is 2.56. The van der Waals surface area contributed by atoms with Crippen LogP contribution in [-0.2, 0) is 0 Å². The second kappa shape index (κ2) is 4.60. The van der Waals surface area contributed by atoms with Crippen molar-refractivity contribution >= 4 is 16.3 Å². The van der Waals surface area contributed by atoms with Gasteiger partial charge in [0.2, 0.25) is 0 Å². The summed E-state index contributed by atoms with van der Waals surface area (Å²) in [6.07, 6.45) is 0. The molecule has 3 heterocycles. The van der Waals surface area contributed by atoms with Crippen LogP contribution in [0.15, 0.2) is 34.9 Å². The van der Waals surface area contributed by atoms with Gasteiger partial charge in [0, 0.05) is 5.56 Å². The number of benzene rings is 1. The van der Waals surface area contributed by atoms with Crippen LogP contribution in [-0.4, -0.2) is 16.7 Å². The van der Waals surface area contributed by atoms with Gasteiger partial charge in [-0.15, -0.1) is 11.3 Å². The first-order valence-electron chi connectivity index (χ1n) is 6.64. The third-order valence-electron chi connectivity index (χ3n) is 3.58. The molecule has 0 bridgehead atoms. The van der Waals surface area contributed by atoms with E-state index in [4.69, 9.17) is 15.0 Å². The van der Waals surface area contributed by atoms with Crippen molar-refractivity contribution in [2.45, 2.75) is 12.8 Å². The van der Waals surface area contributed by atoms with Crippen LogP contribution in [0, 0.1) is 6.92 Å². The summed E-state index contributed by atoms with van der Waals surface area (Å²) in [6, 6.07) is 9.86. The number of fused-ring (bicyclic) bond motifs is 1. The minimum atomic E-state index is 0.0244. The smallest absolute Gasteiger partial charge is 0.268 e. The molecule has 0 aliphatic carbocycles. The lowest BCUT2D eigenvalue weighted by Crippen LogP contribution is -2.04. The summed E-state index contributed by atoms with van der Waals surface area (Å²) in [7, 11) is 0. The molecule has 21 heavy (non-hydrogen) atoms. The maximum Gasteiger partial charge on any atom is 0.268 e. The molecule has 4 rings (SSSR count). The van der Waals surface area contributed by atoms with E-state index in [1.54, 1.807) is 0 Å². The number of hydrogen-bond donors (Lipinski definition) is 1. The third-order valence-corrected chi connectivity index (χ3v) is 4.64. The number of nitrogen functional groups attached to an aromatic ring is 1. The molecule has 1 aromatic carbocycles. The summed E-state index contributed by atoms with van der Waals surface area (Å²) in [4.78, 5) is 5.46. The Morgan fingerprint density at radius 3 is 3.00 bits per heavy atom. The molecule has 2 N–H and O–H groups in total. The zero-order valence-corrected chi connectivity index (χ0v) is 12.2. The van der Waals surface area contributed by atoms with Gasteiger partial charge in [-0.25, -0.2) is 0 Å². The van der Waals surface area contributed by atoms with Gasteiger partial charge in [-0.05, 0) is 24.6 Å². The molecule has 0 amide bonds. The van der Waals surface area contributed by atoms with E-state index in [2.05, 4.69) is 10.1 Å². The number of aromatic nitrogens is 2. The summed E-state index contributed by atoms with van der Waals surface area (Å²) in [6.45, 7) is 2.53. The monoisotopic (exact) mass is 299 g/mol. The van der Waals surface area contributed by atoms with E-state index in [1.165, 1.54) is 11.3 Å². The van der Waals surface area contributed by atoms with Crippen LogP contribution in [0.4, 0.5) is 5.00 Å². The second-order valence-electron chi connectivity index (χ2n) is 5.02. The molecular formula is C15H13N3O2S. The Balaban J connectivity index is 1.71. The quantitative estimate of drug-likeness (QED) is 0.786. The Morgan fingerprint density at radius 2 is 2.19 bits per heavy atom. The van der Waals surface area contributed by atoms with Crippen molar-refractivity contribution < 1.29 is 9.26 Å². The van der Waals surface area contributed by atoms with Crippen LogP contribution in [0.5, 0.6) is 5.75 Å². The zero-order chi connectivity index (χ0) is 14.4. The predicted molar refractivity (Wildman–Crippen MR) is 80.5 cm³/mol. The van der Waals surface area contributed by atoms with Gasteiger partial charge in [-0.2, -0.15) is 4.98 Å². The van der Waals surface area contributed by atoms with Crippen molar-refractivity contribution in [2.75, 3.05) is 12.3 Å². The van der Waals surface area contributed by atoms with E-state index >= 15 is 0 Å². The largest absolute Gasteiger partial charge is 0.492 e. The van der Waals surface area contributed by atoms with Crippen LogP contribution < -0.4 is 10.5 Å². The first kappa shape index (κ1) is 12.4. The van der Waals surface area contributed by atoms with E-state index < -0.39 is 0 Å². The van der Waals surface area contributed by atoms with Crippen molar-refractivity contribution in [1.82, 2.24) is 10.1 Å². The first-order chi connectivity index (χ1) is 10.2. The van der Waals surface area contributed by atoms with E-state index in [1.807, 2.05) is 37.3 Å². The highest BCUT2D eigenvalue weighted by molar-refractivity contribution is 7.19. The Morgan fingerprint density at radius 1 is 1.33 bits per heavy atom. The topological polar surface area (TPSA) is 74.2 Å². The fraction of sp³-hybridized carbons (Fsp3) is 0.200. The van der Waals surface area contributed by atoms with Crippen molar-refractivity contribution in [3.8, 4) is 16.5 Å². The van der Waals surface area contributed by atoms with E-state index in [0.29, 0.717) is 18.3 Å². The van der Waals surface area contributed by atoms with Gasteiger partial charge < -0.3 is 15.0 Å². The van der Waals surface area contributed by atoms with Gasteiger partial charge in [0.1, 0.15) is 12.4 Å². The average Bonchev–Trinajstić information content (AvgIpc) is 3.16. The molecule has 6 heteroatoms. The Kier molecular flexibility index (Phi) is 2.71. The fourth-order valence-corrected chi connectivity index (χ4v) is 3.43. The number of thiophene rings is 1. The third kappa shape index (κ3) is 1.99. The Bertz CT molecular complexity index is 809. The highest BCUT2D eigenvalue weighted by Gasteiger charge is 2.30. The molecule has 5 nitrogen and oxygen atoms in total. The van der Waals surface area contributed by atoms with Crippen molar-refractivity contribution in [3.05, 3.63) is 47.3 Å². The number of ether oxygens (including phenoxy) is 1. The molecule has 106 valence electrons. The molecule has 0 saturated carbocycles. The summed E-state index contributed by atoms with van der Waals surface area (Å²) < 4.78 is 11.1. The van der Waals surface area contributed by atoms with Gasteiger partial charge in [0.25, 0.3) is 5.89 Å². The second-order valence-corrected chi connectivity index (χ2v) is 6.10. The Hall–Kier alpha value is -2.34. The van der Waals surface area contributed by atoms with Gasteiger partial charge >= 0.3 is 0 Å². The summed E-state index contributed by atoms with van der Waals surface area (Å²) in [5, 5.41) is 4.87. The summed E-state index contributed by atoms with van der Waals surface area (Å²) >= 11 is 1.46. The van der Waals surface area contributed by atoms with Crippen LogP contribution >= 0.6 is 11.3 Å². The lowest BCUT2D eigenvalue weighted by Gasteiger charge is -2.01. The summed E-state index contributed by atoms with van der Waals surface area (Å²) in [5.41, 5.74) is 7.97. The standard InChI is InChI=1S/C15H13N3O2S/c1-8-6-12(16)21-13(8)15-17-14(18-20-15)10-7-19-11-5-3-2-4-9(10)11/h2-6,10H,7,16H2,1H3. The molecule has 0 saturated heterocycles. The van der Waals surface area contributed by atoms with Crippen molar-refractivity contribution in [2.24, 2.45) is 0 Å². The molecule has 1 unspecified atom stereocenters. The van der Waals surface area contributed by atoms with Gasteiger partial charge in [0.15, 0.2) is 5.82 Å². The number of aryl methyl sites for hydroxylation is 1. The molecule has 1 aliphatic heterocycles. The molecule has 1 atom stereocenters. The minimum Gasteiger partial charge on any atom is -0.492 e. The maximum atomic E-state index is 5.82. The molecule has 1 aliphatic rings. The van der Waals surface area contributed by atoms with Crippen LogP contribution in [0.1, 0.15) is 22.9 Å². The van der Waals surface area contributed by atoms with Crippen LogP contribution in [0.25, 0.3) is 10.8 Å². The number of hydrogen-bond acceptors (Lipinski definition) is 6. The SMILES string of the molecule is Cc1cc(N)sc1-c1nc(C2COc3ccccc32)no1. The molecule has 0 fully saturated rings. The number of rotatable bonds is 2. The minimum absolute atomic E-state index is 0.0244. The van der Waals surface area contributed by atoms with Crippen LogP contribution in [0.2, 0.25) is 0 Å².